The number of ether oxygens (including phenoxy) is 1. The van der Waals surface area contributed by atoms with Crippen LogP contribution in [0.15, 0.2) is 24.3 Å². The maximum absolute atomic E-state index is 14.6. The van der Waals surface area contributed by atoms with E-state index in [4.69, 9.17) is 15.6 Å². The molecule has 0 bridgehead atoms. The standard InChI is InChI=1S/C21H26FNO3/c1-12-8-18(26-4)9-13(2)20(12)16-7-14(3)21(22)15(10-16)5-6-17(23)11-19(24)25/h7-10,17H,5-6,11,23H2,1-4H3,(H,24,25)/t17-/m0/s1. The fourth-order valence-corrected chi connectivity index (χ4v) is 3.33. The van der Waals surface area contributed by atoms with E-state index in [9.17, 15) is 9.18 Å². The third-order valence-corrected chi connectivity index (χ3v) is 4.58. The van der Waals surface area contributed by atoms with Gasteiger partial charge in [-0.15, -0.1) is 0 Å². The molecule has 5 heteroatoms. The third-order valence-electron chi connectivity index (χ3n) is 4.58. The van der Waals surface area contributed by atoms with Gasteiger partial charge in [0.15, 0.2) is 0 Å². The maximum atomic E-state index is 14.6. The molecule has 26 heavy (non-hydrogen) atoms. The van der Waals surface area contributed by atoms with E-state index in [1.807, 2.05) is 38.1 Å². The Bertz CT molecular complexity index is 794. The van der Waals surface area contributed by atoms with Crippen LogP contribution in [0.25, 0.3) is 11.1 Å². The summed E-state index contributed by atoms with van der Waals surface area (Å²) >= 11 is 0. The van der Waals surface area contributed by atoms with Crippen molar-refractivity contribution < 1.29 is 19.0 Å². The molecule has 4 nitrogen and oxygen atoms in total. The van der Waals surface area contributed by atoms with Crippen molar-refractivity contribution in [1.29, 1.82) is 0 Å². The third kappa shape index (κ3) is 4.61. The number of hydrogen-bond acceptors (Lipinski definition) is 3. The molecule has 0 aliphatic rings. The van der Waals surface area contributed by atoms with E-state index < -0.39 is 12.0 Å². The SMILES string of the molecule is COc1cc(C)c(-c2cc(C)c(F)c(CC[C@H](N)CC(=O)O)c2)c(C)c1. The second-order valence-electron chi connectivity index (χ2n) is 6.80. The van der Waals surface area contributed by atoms with Gasteiger partial charge in [-0.25, -0.2) is 4.39 Å². The van der Waals surface area contributed by atoms with Gasteiger partial charge in [0, 0.05) is 6.04 Å². The van der Waals surface area contributed by atoms with Gasteiger partial charge in [-0.3, -0.25) is 4.79 Å². The average molecular weight is 359 g/mol. The summed E-state index contributed by atoms with van der Waals surface area (Å²) in [7, 11) is 1.63. The van der Waals surface area contributed by atoms with Gasteiger partial charge < -0.3 is 15.6 Å². The van der Waals surface area contributed by atoms with Crippen molar-refractivity contribution in [2.24, 2.45) is 5.73 Å². The molecule has 0 aliphatic heterocycles. The zero-order chi connectivity index (χ0) is 19.4. The second-order valence-corrected chi connectivity index (χ2v) is 6.80. The fraction of sp³-hybridized carbons (Fsp3) is 0.381. The van der Waals surface area contributed by atoms with E-state index in [2.05, 4.69) is 0 Å². The summed E-state index contributed by atoms with van der Waals surface area (Å²) in [5, 5.41) is 8.81. The molecule has 0 amide bonds. The van der Waals surface area contributed by atoms with Crippen LogP contribution >= 0.6 is 0 Å². The fourth-order valence-electron chi connectivity index (χ4n) is 3.33. The van der Waals surface area contributed by atoms with E-state index in [1.54, 1.807) is 14.0 Å². The summed E-state index contributed by atoms with van der Waals surface area (Å²) in [5.41, 5.74) is 11.1. The quantitative estimate of drug-likeness (QED) is 0.778. The van der Waals surface area contributed by atoms with Crippen LogP contribution in [0.4, 0.5) is 4.39 Å². The second kappa shape index (κ2) is 8.32. The first-order valence-corrected chi connectivity index (χ1v) is 8.65. The van der Waals surface area contributed by atoms with Crippen LogP contribution in [-0.2, 0) is 11.2 Å². The van der Waals surface area contributed by atoms with Crippen molar-refractivity contribution in [3.05, 3.63) is 52.3 Å². The number of nitrogens with two attached hydrogens (primary N) is 1. The largest absolute Gasteiger partial charge is 0.497 e. The molecule has 2 aromatic carbocycles. The van der Waals surface area contributed by atoms with Gasteiger partial charge in [-0.05, 0) is 91.3 Å². The molecule has 0 saturated heterocycles. The van der Waals surface area contributed by atoms with Crippen molar-refractivity contribution in [3.8, 4) is 16.9 Å². The van der Waals surface area contributed by atoms with Crippen molar-refractivity contribution in [1.82, 2.24) is 0 Å². The summed E-state index contributed by atoms with van der Waals surface area (Å²) in [5.74, 6) is -0.394. The van der Waals surface area contributed by atoms with E-state index in [0.29, 0.717) is 24.0 Å². The molecule has 0 saturated carbocycles. The average Bonchev–Trinajstić information content (AvgIpc) is 2.55. The Morgan fingerprint density at radius 3 is 2.31 bits per heavy atom. The van der Waals surface area contributed by atoms with Crippen LogP contribution in [0.1, 0.15) is 35.1 Å². The van der Waals surface area contributed by atoms with Gasteiger partial charge >= 0.3 is 5.97 Å². The summed E-state index contributed by atoms with van der Waals surface area (Å²) < 4.78 is 19.9. The van der Waals surface area contributed by atoms with E-state index >= 15 is 0 Å². The lowest BCUT2D eigenvalue weighted by molar-refractivity contribution is -0.137. The summed E-state index contributed by atoms with van der Waals surface area (Å²) in [4.78, 5) is 10.7. The molecule has 0 unspecified atom stereocenters. The molecule has 0 fully saturated rings. The first-order chi connectivity index (χ1) is 12.2. The lowest BCUT2D eigenvalue weighted by atomic mass is 9.91. The molecule has 3 N–H and O–H groups in total. The highest BCUT2D eigenvalue weighted by Crippen LogP contribution is 2.33. The van der Waals surface area contributed by atoms with Crippen LogP contribution < -0.4 is 10.5 Å². The molecule has 0 radical (unpaired) electrons. The van der Waals surface area contributed by atoms with Crippen molar-refractivity contribution in [3.63, 3.8) is 0 Å². The molecule has 0 aliphatic carbocycles. The normalized spacial score (nSPS) is 12.1. The van der Waals surface area contributed by atoms with Gasteiger partial charge in [-0.1, -0.05) is 0 Å². The number of carboxylic acid groups (broad SMARTS) is 1. The predicted molar refractivity (Wildman–Crippen MR) is 101 cm³/mol. The number of benzene rings is 2. The van der Waals surface area contributed by atoms with Gasteiger partial charge in [0.05, 0.1) is 13.5 Å². The molecule has 1 atom stereocenters. The number of halogens is 1. The summed E-state index contributed by atoms with van der Waals surface area (Å²) in [6.07, 6.45) is 0.715. The highest BCUT2D eigenvalue weighted by atomic mass is 19.1. The van der Waals surface area contributed by atoms with Crippen LogP contribution in [0.5, 0.6) is 5.75 Å². The Balaban J connectivity index is 2.37. The molecular weight excluding hydrogens is 333 g/mol. The first kappa shape index (κ1) is 19.9. The van der Waals surface area contributed by atoms with Crippen LogP contribution in [0, 0.1) is 26.6 Å². The molecule has 0 aromatic heterocycles. The van der Waals surface area contributed by atoms with Crippen LogP contribution in [-0.4, -0.2) is 24.2 Å². The van der Waals surface area contributed by atoms with Crippen molar-refractivity contribution in [2.75, 3.05) is 7.11 Å². The highest BCUT2D eigenvalue weighted by Gasteiger charge is 2.15. The number of carboxylic acids is 1. The summed E-state index contributed by atoms with van der Waals surface area (Å²) in [6.45, 7) is 5.76. The zero-order valence-electron chi connectivity index (χ0n) is 15.7. The number of carbonyl (C=O) groups is 1. The summed E-state index contributed by atoms with van der Waals surface area (Å²) in [6, 6.07) is 7.13. The predicted octanol–water partition coefficient (Wildman–Crippen LogP) is 4.16. The first-order valence-electron chi connectivity index (χ1n) is 8.65. The Kier molecular flexibility index (Phi) is 6.37. The van der Waals surface area contributed by atoms with Crippen LogP contribution in [0.3, 0.4) is 0 Å². The Hall–Kier alpha value is -2.40. The number of methoxy groups -OCH3 is 1. The van der Waals surface area contributed by atoms with Crippen molar-refractivity contribution >= 4 is 5.97 Å². The number of hydrogen-bond donors (Lipinski definition) is 2. The monoisotopic (exact) mass is 359 g/mol. The Labute approximate surface area is 153 Å². The van der Waals surface area contributed by atoms with Gasteiger partial charge in [0.1, 0.15) is 11.6 Å². The molecule has 2 aromatic rings. The zero-order valence-corrected chi connectivity index (χ0v) is 15.7. The van der Waals surface area contributed by atoms with Gasteiger partial charge in [0.25, 0.3) is 0 Å². The van der Waals surface area contributed by atoms with E-state index in [0.717, 1.165) is 28.0 Å². The molecule has 0 spiro atoms. The minimum absolute atomic E-state index is 0.114. The Morgan fingerprint density at radius 1 is 1.15 bits per heavy atom. The minimum Gasteiger partial charge on any atom is -0.497 e. The van der Waals surface area contributed by atoms with Gasteiger partial charge in [-0.2, -0.15) is 0 Å². The molecule has 140 valence electrons. The number of aryl methyl sites for hydroxylation is 4. The lowest BCUT2D eigenvalue weighted by Gasteiger charge is -2.16. The van der Waals surface area contributed by atoms with E-state index in [1.165, 1.54) is 0 Å². The minimum atomic E-state index is -0.938. The number of aliphatic carboxylic acids is 1. The van der Waals surface area contributed by atoms with Gasteiger partial charge in [0.2, 0.25) is 0 Å². The maximum Gasteiger partial charge on any atom is 0.304 e. The molecular formula is C21H26FNO3. The lowest BCUT2D eigenvalue weighted by Crippen LogP contribution is -2.24. The van der Waals surface area contributed by atoms with E-state index in [-0.39, 0.29) is 12.2 Å². The highest BCUT2D eigenvalue weighted by molar-refractivity contribution is 5.73. The van der Waals surface area contributed by atoms with Crippen LogP contribution in [0.2, 0.25) is 0 Å². The Morgan fingerprint density at radius 2 is 1.77 bits per heavy atom. The van der Waals surface area contributed by atoms with Crippen molar-refractivity contribution in [2.45, 2.75) is 46.1 Å². The topological polar surface area (TPSA) is 72.5 Å². The smallest absolute Gasteiger partial charge is 0.304 e. The molecule has 2 rings (SSSR count). The number of rotatable bonds is 7. The molecule has 0 heterocycles.